The second-order valence-electron chi connectivity index (χ2n) is 13.5. The van der Waals surface area contributed by atoms with Gasteiger partial charge in [0.25, 0.3) is 0 Å². The number of hydrogen-bond donors (Lipinski definition) is 1. The van der Waals surface area contributed by atoms with Crippen LogP contribution in [0.2, 0.25) is 0 Å². The molecule has 6 fully saturated rings. The fraction of sp³-hybridized carbons (Fsp3) is 0.964. The van der Waals surface area contributed by atoms with Crippen LogP contribution in [0, 0.1) is 40.4 Å². The summed E-state index contributed by atoms with van der Waals surface area (Å²) < 4.78 is 18.9. The predicted octanol–water partition coefficient (Wildman–Crippen LogP) is 5.07. The van der Waals surface area contributed by atoms with E-state index in [1.54, 1.807) is 0 Å². The van der Waals surface area contributed by atoms with Crippen molar-refractivity contribution in [2.45, 2.75) is 109 Å². The molecule has 6 aliphatic rings. The Bertz CT molecular complexity index is 793. The Morgan fingerprint density at radius 2 is 1.73 bits per heavy atom. The number of ether oxygens (including phenoxy) is 3. The summed E-state index contributed by atoms with van der Waals surface area (Å²) in [5.74, 6) is 3.19. The summed E-state index contributed by atoms with van der Waals surface area (Å²) >= 11 is 0. The van der Waals surface area contributed by atoms with Crippen molar-refractivity contribution in [3.63, 3.8) is 0 Å². The van der Waals surface area contributed by atoms with Crippen LogP contribution in [0.25, 0.3) is 0 Å². The molecule has 0 aromatic carbocycles. The third kappa shape index (κ3) is 3.24. The van der Waals surface area contributed by atoms with Crippen molar-refractivity contribution >= 4 is 5.97 Å². The summed E-state index contributed by atoms with van der Waals surface area (Å²) in [6, 6.07) is -0.120. The van der Waals surface area contributed by atoms with Crippen LogP contribution in [0.3, 0.4) is 0 Å². The standard InChI is InChI=1S/C28H45NO4/c1-18(2)15-23-24(30)33-27(17-29-23)12-11-25(3)19(16-27)5-6-20-21(25)7-9-26(4)22(20)8-10-28(26)31-13-14-32-28/h18-23,29H,5-17H2,1-4H3/t19-,20+,21-,22-,23-,25-,26-,27+/m0/s1. The maximum atomic E-state index is 12.8. The number of esters is 1. The number of rotatable bonds is 2. The van der Waals surface area contributed by atoms with E-state index in [2.05, 4.69) is 33.0 Å². The van der Waals surface area contributed by atoms with E-state index < -0.39 is 0 Å². The molecule has 5 nitrogen and oxygen atoms in total. The van der Waals surface area contributed by atoms with Crippen LogP contribution in [-0.2, 0) is 19.0 Å². The number of carbonyl (C=O) groups excluding carboxylic acids is 1. The SMILES string of the molecule is CC(C)C[C@@H]1NC[C@]2(CC[C@@]3(C)[C@@H](CC[C@@H]4[C@@H]3CC[C@@]3(C)[C@H]4CCC34OCCO4)C2)OC1=O. The Kier molecular flexibility index (Phi) is 5.30. The maximum Gasteiger partial charge on any atom is 0.323 e. The van der Waals surface area contributed by atoms with Crippen molar-refractivity contribution < 1.29 is 19.0 Å². The summed E-state index contributed by atoms with van der Waals surface area (Å²) in [6.07, 6.45) is 11.6. The molecule has 8 atom stereocenters. The lowest BCUT2D eigenvalue weighted by Crippen LogP contribution is -2.63. The molecule has 0 unspecified atom stereocenters. The van der Waals surface area contributed by atoms with Gasteiger partial charge in [-0.25, -0.2) is 0 Å². The Morgan fingerprint density at radius 3 is 2.45 bits per heavy atom. The highest BCUT2D eigenvalue weighted by atomic mass is 16.7. The molecule has 4 saturated carbocycles. The first-order valence-electron chi connectivity index (χ1n) is 13.9. The van der Waals surface area contributed by atoms with Crippen molar-refractivity contribution in [3.8, 4) is 0 Å². The van der Waals surface area contributed by atoms with Crippen LogP contribution in [0.4, 0.5) is 0 Å². The molecular formula is C28H45NO4. The molecule has 4 aliphatic carbocycles. The van der Waals surface area contributed by atoms with Gasteiger partial charge in [0.1, 0.15) is 11.6 Å². The first-order chi connectivity index (χ1) is 15.7. The molecular weight excluding hydrogens is 414 g/mol. The molecule has 2 aliphatic heterocycles. The largest absolute Gasteiger partial charge is 0.457 e. The Morgan fingerprint density at radius 1 is 0.970 bits per heavy atom. The van der Waals surface area contributed by atoms with Gasteiger partial charge >= 0.3 is 5.97 Å². The van der Waals surface area contributed by atoms with E-state index in [4.69, 9.17) is 14.2 Å². The van der Waals surface area contributed by atoms with Gasteiger partial charge in [-0.1, -0.05) is 27.7 Å². The first-order valence-corrected chi connectivity index (χ1v) is 13.9. The first kappa shape index (κ1) is 22.8. The Balaban J connectivity index is 1.18. The molecule has 0 amide bonds. The zero-order valence-corrected chi connectivity index (χ0v) is 21.3. The van der Waals surface area contributed by atoms with E-state index in [9.17, 15) is 4.79 Å². The van der Waals surface area contributed by atoms with Crippen molar-refractivity contribution in [2.75, 3.05) is 19.8 Å². The fourth-order valence-electron chi connectivity index (χ4n) is 9.81. The van der Waals surface area contributed by atoms with Gasteiger partial charge in [0.2, 0.25) is 0 Å². The molecule has 2 saturated heterocycles. The van der Waals surface area contributed by atoms with E-state index >= 15 is 0 Å². The molecule has 2 heterocycles. The third-order valence-corrected chi connectivity index (χ3v) is 11.6. The highest BCUT2D eigenvalue weighted by Crippen LogP contribution is 2.70. The van der Waals surface area contributed by atoms with Gasteiger partial charge in [-0.3, -0.25) is 4.79 Å². The van der Waals surface area contributed by atoms with Crippen LogP contribution < -0.4 is 5.32 Å². The Labute approximate surface area is 200 Å². The average molecular weight is 460 g/mol. The lowest BCUT2D eigenvalue weighted by Gasteiger charge is -2.63. The normalized spacial score (nSPS) is 50.8. The summed E-state index contributed by atoms with van der Waals surface area (Å²) in [4.78, 5) is 12.8. The van der Waals surface area contributed by atoms with E-state index in [1.165, 1.54) is 38.5 Å². The highest BCUT2D eigenvalue weighted by Gasteiger charge is 2.68. The van der Waals surface area contributed by atoms with Crippen molar-refractivity contribution in [1.82, 2.24) is 5.32 Å². The lowest BCUT2D eigenvalue weighted by molar-refractivity contribution is -0.250. The molecule has 6 rings (SSSR count). The smallest absolute Gasteiger partial charge is 0.323 e. The van der Waals surface area contributed by atoms with Gasteiger partial charge in [0, 0.05) is 18.4 Å². The topological polar surface area (TPSA) is 56.8 Å². The number of hydrogen-bond acceptors (Lipinski definition) is 5. The van der Waals surface area contributed by atoms with E-state index in [0.29, 0.717) is 17.3 Å². The fourth-order valence-corrected chi connectivity index (χ4v) is 9.81. The number of fused-ring (bicyclic) bond motifs is 6. The highest BCUT2D eigenvalue weighted by molar-refractivity contribution is 5.77. The van der Waals surface area contributed by atoms with Crippen molar-refractivity contribution in [1.29, 1.82) is 0 Å². The van der Waals surface area contributed by atoms with Crippen LogP contribution in [0.15, 0.2) is 0 Å². The summed E-state index contributed by atoms with van der Waals surface area (Å²) in [6.45, 7) is 11.8. The van der Waals surface area contributed by atoms with Gasteiger partial charge in [-0.2, -0.15) is 0 Å². The van der Waals surface area contributed by atoms with E-state index in [-0.39, 0.29) is 28.8 Å². The molecule has 1 N–H and O–H groups in total. The minimum atomic E-state index is -0.300. The third-order valence-electron chi connectivity index (χ3n) is 11.6. The second-order valence-corrected chi connectivity index (χ2v) is 13.5. The second kappa shape index (κ2) is 7.67. The quantitative estimate of drug-likeness (QED) is 0.584. The monoisotopic (exact) mass is 459 g/mol. The van der Waals surface area contributed by atoms with E-state index in [0.717, 1.165) is 63.2 Å². The van der Waals surface area contributed by atoms with Gasteiger partial charge in [-0.15, -0.1) is 0 Å². The molecule has 0 bridgehead atoms. The van der Waals surface area contributed by atoms with Gasteiger partial charge in [-0.05, 0) is 92.8 Å². The molecule has 5 heteroatoms. The lowest BCUT2D eigenvalue weighted by atomic mass is 9.44. The maximum absolute atomic E-state index is 12.8. The van der Waals surface area contributed by atoms with Crippen LogP contribution in [0.5, 0.6) is 0 Å². The van der Waals surface area contributed by atoms with Crippen LogP contribution in [0.1, 0.15) is 91.9 Å². The van der Waals surface area contributed by atoms with Gasteiger partial charge in [0.05, 0.1) is 13.2 Å². The minimum absolute atomic E-state index is 0.00603. The predicted molar refractivity (Wildman–Crippen MR) is 126 cm³/mol. The van der Waals surface area contributed by atoms with E-state index in [1.807, 2.05) is 0 Å². The van der Waals surface area contributed by atoms with Crippen LogP contribution in [-0.4, -0.2) is 43.2 Å². The molecule has 2 spiro atoms. The zero-order chi connectivity index (χ0) is 23.1. The minimum Gasteiger partial charge on any atom is -0.457 e. The molecule has 0 radical (unpaired) electrons. The summed E-state index contributed by atoms with van der Waals surface area (Å²) in [5, 5.41) is 3.59. The number of nitrogens with one attached hydrogen (secondary N) is 1. The molecule has 33 heavy (non-hydrogen) atoms. The van der Waals surface area contributed by atoms with Gasteiger partial charge < -0.3 is 19.5 Å². The van der Waals surface area contributed by atoms with Crippen LogP contribution >= 0.6 is 0 Å². The Hall–Kier alpha value is -0.650. The van der Waals surface area contributed by atoms with Gasteiger partial charge in [0.15, 0.2) is 5.79 Å². The zero-order valence-electron chi connectivity index (χ0n) is 21.3. The molecule has 0 aromatic heterocycles. The summed E-state index contributed by atoms with van der Waals surface area (Å²) in [5.41, 5.74) is 0.287. The van der Waals surface area contributed by atoms with Crippen molar-refractivity contribution in [2.24, 2.45) is 40.4 Å². The number of carbonyl (C=O) groups is 1. The molecule has 186 valence electrons. The molecule has 0 aromatic rings. The average Bonchev–Trinajstić information content (AvgIpc) is 3.37. The van der Waals surface area contributed by atoms with Crippen molar-refractivity contribution in [3.05, 3.63) is 0 Å². The number of morpholine rings is 1. The summed E-state index contributed by atoms with van der Waals surface area (Å²) in [7, 11) is 0.